The molecule has 1 aromatic heterocycles. The number of carbonyl (C=O) groups is 1. The Morgan fingerprint density at radius 1 is 0.971 bits per heavy atom. The van der Waals surface area contributed by atoms with Gasteiger partial charge in [0.1, 0.15) is 0 Å². The number of hydrogen-bond donors (Lipinski definition) is 2. The first-order valence-corrected chi connectivity index (χ1v) is 12.1. The van der Waals surface area contributed by atoms with Crippen molar-refractivity contribution in [1.82, 2.24) is 10.5 Å². The number of benzene rings is 3. The van der Waals surface area contributed by atoms with Crippen LogP contribution in [0, 0.1) is 6.92 Å². The van der Waals surface area contributed by atoms with Gasteiger partial charge >= 0.3 is 5.97 Å². The number of carboxylic acids is 1. The SMILES string of the molecule is Cc1noc(-c2ccc(-c3ccc(C4(C(=O)O)CC4)cc3)cc2)c1CNC[C@@H](C)c1ccccc1. The summed E-state index contributed by atoms with van der Waals surface area (Å²) in [6.45, 7) is 5.76. The maximum absolute atomic E-state index is 11.6. The van der Waals surface area contributed by atoms with Gasteiger partial charge in [-0.1, -0.05) is 90.9 Å². The largest absolute Gasteiger partial charge is 0.481 e. The van der Waals surface area contributed by atoms with E-state index in [9.17, 15) is 9.90 Å². The van der Waals surface area contributed by atoms with Crippen molar-refractivity contribution < 1.29 is 14.4 Å². The molecule has 4 aromatic rings. The van der Waals surface area contributed by atoms with E-state index in [2.05, 4.69) is 65.9 Å². The lowest BCUT2D eigenvalue weighted by Crippen LogP contribution is -2.20. The Morgan fingerprint density at radius 2 is 1.57 bits per heavy atom. The predicted octanol–water partition coefficient (Wildman–Crippen LogP) is 6.33. The Balaban J connectivity index is 1.27. The smallest absolute Gasteiger partial charge is 0.314 e. The fourth-order valence-corrected chi connectivity index (χ4v) is 4.68. The molecule has 0 bridgehead atoms. The maximum atomic E-state index is 11.6. The lowest BCUT2D eigenvalue weighted by molar-refractivity contribution is -0.140. The number of aryl methyl sites for hydroxylation is 1. The molecule has 1 aliphatic rings. The first kappa shape index (κ1) is 23.1. The molecule has 0 radical (unpaired) electrons. The van der Waals surface area contributed by atoms with E-state index in [0.717, 1.165) is 58.7 Å². The van der Waals surface area contributed by atoms with Crippen LogP contribution in [0.25, 0.3) is 22.5 Å². The van der Waals surface area contributed by atoms with Gasteiger partial charge in [-0.3, -0.25) is 4.79 Å². The third-order valence-electron chi connectivity index (χ3n) is 7.18. The highest BCUT2D eigenvalue weighted by molar-refractivity contribution is 5.85. The zero-order valence-electron chi connectivity index (χ0n) is 20.1. The van der Waals surface area contributed by atoms with Gasteiger partial charge in [0, 0.05) is 24.2 Å². The van der Waals surface area contributed by atoms with Crippen LogP contribution in [0.2, 0.25) is 0 Å². The summed E-state index contributed by atoms with van der Waals surface area (Å²) in [5.74, 6) is 0.481. The first-order valence-electron chi connectivity index (χ1n) is 12.1. The molecule has 2 N–H and O–H groups in total. The van der Waals surface area contributed by atoms with Gasteiger partial charge in [-0.25, -0.2) is 0 Å². The van der Waals surface area contributed by atoms with Crippen molar-refractivity contribution >= 4 is 5.97 Å². The van der Waals surface area contributed by atoms with Gasteiger partial charge in [0.05, 0.1) is 11.1 Å². The predicted molar refractivity (Wildman–Crippen MR) is 137 cm³/mol. The number of aliphatic carboxylic acids is 1. The van der Waals surface area contributed by atoms with Crippen molar-refractivity contribution in [2.45, 2.75) is 44.6 Å². The number of nitrogens with one attached hydrogen (secondary N) is 1. The molecule has 0 aliphatic heterocycles. The minimum Gasteiger partial charge on any atom is -0.481 e. The molecule has 1 atom stereocenters. The van der Waals surface area contributed by atoms with Crippen molar-refractivity contribution in [2.75, 3.05) is 6.54 Å². The summed E-state index contributed by atoms with van der Waals surface area (Å²) in [6.07, 6.45) is 1.44. The van der Waals surface area contributed by atoms with Crippen molar-refractivity contribution in [2.24, 2.45) is 0 Å². The van der Waals surface area contributed by atoms with Gasteiger partial charge in [-0.2, -0.15) is 0 Å². The monoisotopic (exact) mass is 466 g/mol. The topological polar surface area (TPSA) is 75.4 Å². The third-order valence-corrected chi connectivity index (χ3v) is 7.18. The highest BCUT2D eigenvalue weighted by Crippen LogP contribution is 2.48. The molecule has 0 unspecified atom stereocenters. The quantitative estimate of drug-likeness (QED) is 0.302. The zero-order valence-corrected chi connectivity index (χ0v) is 20.1. The van der Waals surface area contributed by atoms with Crippen LogP contribution in [0.4, 0.5) is 0 Å². The van der Waals surface area contributed by atoms with Gasteiger partial charge in [-0.05, 0) is 47.9 Å². The minimum absolute atomic E-state index is 0.413. The Morgan fingerprint density at radius 3 is 2.17 bits per heavy atom. The van der Waals surface area contributed by atoms with E-state index in [0.29, 0.717) is 12.5 Å². The molecule has 5 heteroatoms. The molecule has 1 saturated carbocycles. The summed E-state index contributed by atoms with van der Waals surface area (Å²) in [6, 6.07) is 26.7. The molecule has 1 fully saturated rings. The molecule has 0 spiro atoms. The van der Waals surface area contributed by atoms with Crippen LogP contribution in [0.5, 0.6) is 0 Å². The Hall–Kier alpha value is -3.70. The summed E-state index contributed by atoms with van der Waals surface area (Å²) < 4.78 is 5.71. The van der Waals surface area contributed by atoms with Gasteiger partial charge in [0.15, 0.2) is 5.76 Å². The Labute approximate surface area is 205 Å². The van der Waals surface area contributed by atoms with Crippen LogP contribution in [-0.2, 0) is 16.8 Å². The van der Waals surface area contributed by atoms with Crippen molar-refractivity contribution in [1.29, 1.82) is 0 Å². The highest BCUT2D eigenvalue weighted by Gasteiger charge is 2.51. The highest BCUT2D eigenvalue weighted by atomic mass is 16.5. The maximum Gasteiger partial charge on any atom is 0.314 e. The van der Waals surface area contributed by atoms with Gasteiger partial charge in [-0.15, -0.1) is 0 Å². The van der Waals surface area contributed by atoms with Gasteiger partial charge < -0.3 is 14.9 Å². The molecule has 35 heavy (non-hydrogen) atoms. The summed E-state index contributed by atoms with van der Waals surface area (Å²) in [4.78, 5) is 11.6. The Kier molecular flexibility index (Phi) is 6.27. The van der Waals surface area contributed by atoms with Crippen LogP contribution in [-0.4, -0.2) is 22.8 Å². The molecular formula is C30H30N2O3. The molecule has 1 aliphatic carbocycles. The lowest BCUT2D eigenvalue weighted by atomic mass is 9.93. The van der Waals surface area contributed by atoms with Crippen LogP contribution in [0.3, 0.4) is 0 Å². The van der Waals surface area contributed by atoms with E-state index >= 15 is 0 Å². The number of rotatable bonds is 9. The minimum atomic E-state index is -0.725. The molecule has 1 heterocycles. The standard InChI is InChI=1S/C30H30N2O3/c1-20(22-6-4-3-5-7-22)18-31-19-27-21(2)32-35-28(27)25-10-8-23(9-11-25)24-12-14-26(15-13-24)30(16-17-30)29(33)34/h3-15,20,31H,16-19H2,1-2H3,(H,33,34)/t20-/m1/s1. The van der Waals surface area contributed by atoms with Crippen LogP contribution >= 0.6 is 0 Å². The fourth-order valence-electron chi connectivity index (χ4n) is 4.68. The number of nitrogens with zero attached hydrogens (tertiary/aromatic N) is 1. The normalized spacial score (nSPS) is 15.0. The fraction of sp³-hybridized carbons (Fsp3) is 0.267. The average molecular weight is 467 g/mol. The molecule has 178 valence electrons. The first-order chi connectivity index (χ1) is 17.0. The number of aromatic nitrogens is 1. The molecule has 5 nitrogen and oxygen atoms in total. The van der Waals surface area contributed by atoms with E-state index in [1.165, 1.54) is 5.56 Å². The summed E-state index contributed by atoms with van der Waals surface area (Å²) in [5, 5.41) is 17.3. The second-order valence-electron chi connectivity index (χ2n) is 9.56. The molecule has 0 amide bonds. The molecular weight excluding hydrogens is 436 g/mol. The van der Waals surface area contributed by atoms with Crippen LogP contribution in [0.15, 0.2) is 83.4 Å². The Bertz CT molecular complexity index is 1300. The summed E-state index contributed by atoms with van der Waals surface area (Å²) in [7, 11) is 0. The van der Waals surface area contributed by atoms with E-state index in [1.807, 2.05) is 37.3 Å². The van der Waals surface area contributed by atoms with Crippen molar-refractivity contribution in [3.8, 4) is 22.5 Å². The molecule has 5 rings (SSSR count). The van der Waals surface area contributed by atoms with Crippen molar-refractivity contribution in [3.05, 3.63) is 101 Å². The lowest BCUT2D eigenvalue weighted by Gasteiger charge is -2.13. The second-order valence-corrected chi connectivity index (χ2v) is 9.56. The van der Waals surface area contributed by atoms with Gasteiger partial charge in [0.25, 0.3) is 0 Å². The average Bonchev–Trinajstić information content (AvgIpc) is 3.63. The summed E-state index contributed by atoms with van der Waals surface area (Å²) >= 11 is 0. The van der Waals surface area contributed by atoms with E-state index in [-0.39, 0.29) is 0 Å². The number of hydrogen-bond acceptors (Lipinski definition) is 4. The zero-order chi connectivity index (χ0) is 24.4. The van der Waals surface area contributed by atoms with E-state index in [4.69, 9.17) is 4.52 Å². The third kappa shape index (κ3) is 4.64. The van der Waals surface area contributed by atoms with Crippen LogP contribution < -0.4 is 5.32 Å². The second kappa shape index (κ2) is 9.51. The molecule has 0 saturated heterocycles. The van der Waals surface area contributed by atoms with E-state index in [1.54, 1.807) is 0 Å². The van der Waals surface area contributed by atoms with Crippen LogP contribution in [0.1, 0.15) is 48.1 Å². The molecule has 3 aromatic carbocycles. The van der Waals surface area contributed by atoms with Gasteiger partial charge in [0.2, 0.25) is 0 Å². The summed E-state index contributed by atoms with van der Waals surface area (Å²) in [5.41, 5.74) is 6.64. The van der Waals surface area contributed by atoms with E-state index < -0.39 is 11.4 Å². The van der Waals surface area contributed by atoms with Crippen molar-refractivity contribution in [3.63, 3.8) is 0 Å². The number of carboxylic acid groups (broad SMARTS) is 1.